The minimum atomic E-state index is 0.510. The minimum absolute atomic E-state index is 0.510. The van der Waals surface area contributed by atoms with Crippen LogP contribution in [0.5, 0.6) is 0 Å². The van der Waals surface area contributed by atoms with E-state index in [2.05, 4.69) is 34.6 Å². The van der Waals surface area contributed by atoms with Gasteiger partial charge in [0.25, 0.3) is 0 Å². The van der Waals surface area contributed by atoms with Crippen LogP contribution in [0.4, 0.5) is 11.6 Å². The fourth-order valence-corrected chi connectivity index (χ4v) is 2.61. The van der Waals surface area contributed by atoms with Crippen molar-refractivity contribution in [3.8, 4) is 0 Å². The van der Waals surface area contributed by atoms with Crippen LogP contribution in [0.25, 0.3) is 0 Å². The molecule has 1 aliphatic rings. The van der Waals surface area contributed by atoms with Crippen LogP contribution in [-0.2, 0) is 0 Å². The Kier molecular flexibility index (Phi) is 4.01. The number of aromatic nitrogens is 2. The quantitative estimate of drug-likeness (QED) is 0.566. The Morgan fingerprint density at radius 1 is 1.17 bits per heavy atom. The average Bonchev–Trinajstić information content (AvgIpc) is 2.36. The smallest absolute Gasteiger partial charge is 0.148 e. The molecule has 1 aliphatic carbocycles. The number of hydrogen-bond acceptors (Lipinski definition) is 5. The van der Waals surface area contributed by atoms with Crippen LogP contribution < -0.4 is 16.6 Å². The van der Waals surface area contributed by atoms with Gasteiger partial charge in [-0.1, -0.05) is 13.8 Å². The highest BCUT2D eigenvalue weighted by Gasteiger charge is 2.25. The van der Waals surface area contributed by atoms with Gasteiger partial charge in [-0.05, 0) is 38.0 Å². The molecule has 0 amide bonds. The summed E-state index contributed by atoms with van der Waals surface area (Å²) in [7, 11) is 0. The minimum Gasteiger partial charge on any atom is -0.367 e. The van der Waals surface area contributed by atoms with Crippen LogP contribution in [0.1, 0.15) is 38.7 Å². The summed E-state index contributed by atoms with van der Waals surface area (Å²) in [5, 5.41) is 3.53. The van der Waals surface area contributed by atoms with E-state index in [-0.39, 0.29) is 0 Å². The monoisotopic (exact) mass is 249 g/mol. The van der Waals surface area contributed by atoms with E-state index in [1.165, 1.54) is 19.3 Å². The van der Waals surface area contributed by atoms with Gasteiger partial charge in [0.1, 0.15) is 18.0 Å². The van der Waals surface area contributed by atoms with Gasteiger partial charge in [-0.2, -0.15) is 0 Å². The molecule has 0 radical (unpaired) electrons. The standard InChI is InChI=1S/C13H23N5/c1-8-4-5-11(6-9(8)2)17-12-10(3)13(18-14)16-7-15-12/h7-9,11H,4-6,14H2,1-3H3,(H2,15,16,17,18). The SMILES string of the molecule is Cc1c(NN)ncnc1NC1CCC(C)C(C)C1. The predicted molar refractivity (Wildman–Crippen MR) is 74.2 cm³/mol. The topological polar surface area (TPSA) is 75.9 Å². The molecule has 0 spiro atoms. The van der Waals surface area contributed by atoms with Gasteiger partial charge in [0.15, 0.2) is 0 Å². The molecule has 100 valence electrons. The maximum atomic E-state index is 5.42. The third kappa shape index (κ3) is 2.72. The first-order valence-corrected chi connectivity index (χ1v) is 6.66. The molecule has 1 saturated carbocycles. The van der Waals surface area contributed by atoms with Crippen molar-refractivity contribution in [3.05, 3.63) is 11.9 Å². The largest absolute Gasteiger partial charge is 0.367 e. The first-order chi connectivity index (χ1) is 8.61. The molecule has 0 bridgehead atoms. The zero-order chi connectivity index (χ0) is 13.1. The summed E-state index contributed by atoms with van der Waals surface area (Å²) < 4.78 is 0. The molecule has 18 heavy (non-hydrogen) atoms. The number of hydrogen-bond donors (Lipinski definition) is 3. The maximum Gasteiger partial charge on any atom is 0.148 e. The number of nitrogens with two attached hydrogens (primary N) is 1. The van der Waals surface area contributed by atoms with E-state index in [9.17, 15) is 0 Å². The fraction of sp³-hybridized carbons (Fsp3) is 0.692. The molecule has 5 heteroatoms. The van der Waals surface area contributed by atoms with Crippen molar-refractivity contribution in [1.29, 1.82) is 0 Å². The van der Waals surface area contributed by atoms with Crippen molar-refractivity contribution < 1.29 is 0 Å². The van der Waals surface area contributed by atoms with Crippen molar-refractivity contribution in [1.82, 2.24) is 9.97 Å². The number of nitrogen functional groups attached to an aromatic ring is 1. The normalized spacial score (nSPS) is 27.9. The molecule has 3 unspecified atom stereocenters. The van der Waals surface area contributed by atoms with Crippen LogP contribution in [0.15, 0.2) is 6.33 Å². The van der Waals surface area contributed by atoms with Gasteiger partial charge >= 0.3 is 0 Å². The third-order valence-electron chi connectivity index (χ3n) is 4.16. The van der Waals surface area contributed by atoms with Crippen LogP contribution in [0, 0.1) is 18.8 Å². The molecular formula is C13H23N5. The molecule has 0 aromatic carbocycles. The van der Waals surface area contributed by atoms with E-state index < -0.39 is 0 Å². The van der Waals surface area contributed by atoms with E-state index in [1.807, 2.05) is 6.92 Å². The molecule has 0 aliphatic heterocycles. The van der Waals surface area contributed by atoms with Crippen LogP contribution >= 0.6 is 0 Å². The molecule has 2 rings (SSSR count). The summed E-state index contributed by atoms with van der Waals surface area (Å²) in [6, 6.07) is 0.510. The van der Waals surface area contributed by atoms with E-state index in [1.54, 1.807) is 6.33 Å². The van der Waals surface area contributed by atoms with E-state index >= 15 is 0 Å². The molecule has 1 fully saturated rings. The summed E-state index contributed by atoms with van der Waals surface area (Å²) in [5.74, 6) is 8.60. The second-order valence-electron chi connectivity index (χ2n) is 5.45. The number of nitrogens with zero attached hydrogens (tertiary/aromatic N) is 2. The Bertz CT molecular complexity index is 406. The lowest BCUT2D eigenvalue weighted by atomic mass is 9.79. The highest BCUT2D eigenvalue weighted by atomic mass is 15.3. The lowest BCUT2D eigenvalue weighted by molar-refractivity contribution is 0.260. The van der Waals surface area contributed by atoms with Gasteiger partial charge in [0, 0.05) is 11.6 Å². The molecule has 5 nitrogen and oxygen atoms in total. The van der Waals surface area contributed by atoms with Crippen molar-refractivity contribution in [3.63, 3.8) is 0 Å². The average molecular weight is 249 g/mol. The predicted octanol–water partition coefficient (Wildman–Crippen LogP) is 2.31. The van der Waals surface area contributed by atoms with Crippen LogP contribution in [0.3, 0.4) is 0 Å². The van der Waals surface area contributed by atoms with Crippen LogP contribution in [0.2, 0.25) is 0 Å². The molecule has 4 N–H and O–H groups in total. The van der Waals surface area contributed by atoms with Gasteiger partial charge in [-0.15, -0.1) is 0 Å². The molecule has 1 aromatic rings. The Morgan fingerprint density at radius 2 is 1.89 bits per heavy atom. The molecule has 1 aromatic heterocycles. The Balaban J connectivity index is 2.06. The summed E-state index contributed by atoms with van der Waals surface area (Å²) in [5.41, 5.74) is 3.58. The fourth-order valence-electron chi connectivity index (χ4n) is 2.61. The zero-order valence-electron chi connectivity index (χ0n) is 11.4. The van der Waals surface area contributed by atoms with E-state index in [0.717, 1.165) is 23.2 Å². The number of rotatable bonds is 3. The molecular weight excluding hydrogens is 226 g/mol. The van der Waals surface area contributed by atoms with Gasteiger partial charge in [-0.3, -0.25) is 0 Å². The summed E-state index contributed by atoms with van der Waals surface area (Å²) >= 11 is 0. The maximum absolute atomic E-state index is 5.42. The number of hydrazine groups is 1. The molecule has 3 atom stereocenters. The second-order valence-corrected chi connectivity index (χ2v) is 5.45. The molecule has 1 heterocycles. The third-order valence-corrected chi connectivity index (χ3v) is 4.16. The van der Waals surface area contributed by atoms with Gasteiger partial charge in [0.05, 0.1) is 0 Å². The highest BCUT2D eigenvalue weighted by Crippen LogP contribution is 2.31. The van der Waals surface area contributed by atoms with E-state index in [4.69, 9.17) is 5.84 Å². The summed E-state index contributed by atoms with van der Waals surface area (Å²) in [6.45, 7) is 6.65. The van der Waals surface area contributed by atoms with Gasteiger partial charge in [0.2, 0.25) is 0 Å². The Hall–Kier alpha value is -1.36. The summed E-state index contributed by atoms with van der Waals surface area (Å²) in [6.07, 6.45) is 5.24. The van der Waals surface area contributed by atoms with Crippen LogP contribution in [-0.4, -0.2) is 16.0 Å². The first kappa shape index (κ1) is 13.1. The lowest BCUT2D eigenvalue weighted by Gasteiger charge is -2.33. The molecule has 0 saturated heterocycles. The van der Waals surface area contributed by atoms with Crippen molar-refractivity contribution in [2.75, 3.05) is 10.7 Å². The number of nitrogens with one attached hydrogen (secondary N) is 2. The number of anilines is 2. The Labute approximate surface area is 109 Å². The van der Waals surface area contributed by atoms with E-state index in [0.29, 0.717) is 11.9 Å². The summed E-state index contributed by atoms with van der Waals surface area (Å²) in [4.78, 5) is 8.40. The highest BCUT2D eigenvalue weighted by molar-refractivity contribution is 5.56. The van der Waals surface area contributed by atoms with Crippen molar-refractivity contribution in [2.24, 2.45) is 17.7 Å². The van der Waals surface area contributed by atoms with Gasteiger partial charge < -0.3 is 10.7 Å². The van der Waals surface area contributed by atoms with Gasteiger partial charge in [-0.25, -0.2) is 15.8 Å². The second kappa shape index (κ2) is 5.52. The first-order valence-electron chi connectivity index (χ1n) is 6.66. The van der Waals surface area contributed by atoms with Crippen molar-refractivity contribution in [2.45, 2.75) is 46.1 Å². The van der Waals surface area contributed by atoms with Crippen molar-refractivity contribution >= 4 is 11.6 Å². The lowest BCUT2D eigenvalue weighted by Crippen LogP contribution is -2.31. The Morgan fingerprint density at radius 3 is 2.56 bits per heavy atom. The zero-order valence-corrected chi connectivity index (χ0v) is 11.4.